The average Bonchev–Trinajstić information content (AvgIpc) is 3.04. The standard InChI is InChI=1S/C17H14N4O3/c22-14-7-6-12(8-18-14)17(23)21-9-13(10-21)16-19-15(20-24-16)11-4-2-1-3-5-11/h1-8,13H,9-10H2,(H,18,22). The number of carbonyl (C=O) groups is 1. The van der Waals surface area contributed by atoms with Gasteiger partial charge < -0.3 is 14.4 Å². The molecule has 0 bridgehead atoms. The molecule has 0 saturated carbocycles. The fourth-order valence-corrected chi connectivity index (χ4v) is 2.63. The molecule has 3 aromatic rings. The summed E-state index contributed by atoms with van der Waals surface area (Å²) in [6, 6.07) is 12.5. The molecular formula is C17H14N4O3. The molecule has 3 heterocycles. The Balaban J connectivity index is 1.43. The molecule has 7 heteroatoms. The van der Waals surface area contributed by atoms with Crippen molar-refractivity contribution in [2.24, 2.45) is 0 Å². The van der Waals surface area contributed by atoms with Crippen molar-refractivity contribution in [2.45, 2.75) is 5.92 Å². The van der Waals surface area contributed by atoms with E-state index in [1.165, 1.54) is 18.3 Å². The van der Waals surface area contributed by atoms with Crippen molar-refractivity contribution in [2.75, 3.05) is 13.1 Å². The molecule has 1 N–H and O–H groups in total. The van der Waals surface area contributed by atoms with Crippen LogP contribution in [0.5, 0.6) is 0 Å². The van der Waals surface area contributed by atoms with Gasteiger partial charge in [0, 0.05) is 30.9 Å². The van der Waals surface area contributed by atoms with Gasteiger partial charge in [-0.1, -0.05) is 35.5 Å². The van der Waals surface area contributed by atoms with E-state index in [-0.39, 0.29) is 17.4 Å². The second kappa shape index (κ2) is 5.77. The number of aromatic amines is 1. The predicted octanol–water partition coefficient (Wildman–Crippen LogP) is 1.66. The van der Waals surface area contributed by atoms with Crippen LogP contribution < -0.4 is 5.56 Å². The highest BCUT2D eigenvalue weighted by Crippen LogP contribution is 2.28. The molecule has 1 aliphatic rings. The van der Waals surface area contributed by atoms with Crippen molar-refractivity contribution in [1.82, 2.24) is 20.0 Å². The minimum Gasteiger partial charge on any atom is -0.339 e. The van der Waals surface area contributed by atoms with Gasteiger partial charge in [-0.15, -0.1) is 0 Å². The van der Waals surface area contributed by atoms with Gasteiger partial charge in [0.05, 0.1) is 11.5 Å². The van der Waals surface area contributed by atoms with Crippen LogP contribution >= 0.6 is 0 Å². The van der Waals surface area contributed by atoms with Gasteiger partial charge in [-0.3, -0.25) is 9.59 Å². The normalized spacial score (nSPS) is 14.4. The molecule has 2 aromatic heterocycles. The number of hydrogen-bond donors (Lipinski definition) is 1. The lowest BCUT2D eigenvalue weighted by atomic mass is 9.99. The summed E-state index contributed by atoms with van der Waals surface area (Å²) in [5.41, 5.74) is 1.13. The maximum Gasteiger partial charge on any atom is 0.255 e. The largest absolute Gasteiger partial charge is 0.339 e. The second-order valence-corrected chi connectivity index (χ2v) is 5.67. The van der Waals surface area contributed by atoms with Crippen LogP contribution in [0.1, 0.15) is 22.2 Å². The van der Waals surface area contributed by atoms with Gasteiger partial charge in [0.25, 0.3) is 5.91 Å². The number of H-pyrrole nitrogens is 1. The number of carbonyl (C=O) groups excluding carboxylic acids is 1. The van der Waals surface area contributed by atoms with Crippen LogP contribution in [0.15, 0.2) is 58.0 Å². The molecule has 1 saturated heterocycles. The summed E-state index contributed by atoms with van der Waals surface area (Å²) in [5, 5.41) is 4.00. The van der Waals surface area contributed by atoms with Crippen molar-refractivity contribution >= 4 is 5.91 Å². The van der Waals surface area contributed by atoms with E-state index in [1.54, 1.807) is 4.90 Å². The van der Waals surface area contributed by atoms with Gasteiger partial charge in [0.1, 0.15) is 0 Å². The Hall–Kier alpha value is -3.22. The summed E-state index contributed by atoms with van der Waals surface area (Å²) in [6.45, 7) is 1.04. The molecule has 7 nitrogen and oxygen atoms in total. The summed E-state index contributed by atoms with van der Waals surface area (Å²) < 4.78 is 5.33. The van der Waals surface area contributed by atoms with E-state index in [1.807, 2.05) is 30.3 Å². The summed E-state index contributed by atoms with van der Waals surface area (Å²) in [7, 11) is 0. The van der Waals surface area contributed by atoms with Gasteiger partial charge >= 0.3 is 0 Å². The van der Waals surface area contributed by atoms with Crippen LogP contribution in [-0.2, 0) is 0 Å². The van der Waals surface area contributed by atoms with Gasteiger partial charge in [-0.2, -0.15) is 4.98 Å². The van der Waals surface area contributed by atoms with Crippen molar-refractivity contribution in [3.8, 4) is 11.4 Å². The number of likely N-dealkylation sites (tertiary alicyclic amines) is 1. The summed E-state index contributed by atoms with van der Waals surface area (Å²) in [5.74, 6) is 1.02. The number of pyridine rings is 1. The van der Waals surface area contributed by atoms with Crippen LogP contribution in [0.2, 0.25) is 0 Å². The fraction of sp³-hybridized carbons (Fsp3) is 0.176. The Kier molecular flexibility index (Phi) is 3.45. The van der Waals surface area contributed by atoms with E-state index in [0.29, 0.717) is 30.4 Å². The number of nitrogens with one attached hydrogen (secondary N) is 1. The van der Waals surface area contributed by atoms with E-state index in [0.717, 1.165) is 5.56 Å². The molecule has 1 aliphatic heterocycles. The predicted molar refractivity (Wildman–Crippen MR) is 85.4 cm³/mol. The maximum atomic E-state index is 12.3. The Morgan fingerprint density at radius 3 is 2.67 bits per heavy atom. The number of nitrogens with zero attached hydrogens (tertiary/aromatic N) is 3. The molecular weight excluding hydrogens is 308 g/mol. The SMILES string of the molecule is O=C(c1ccc(=O)[nH]c1)N1CC(c2nc(-c3ccccc3)no2)C1. The maximum absolute atomic E-state index is 12.3. The smallest absolute Gasteiger partial charge is 0.255 e. The Morgan fingerprint density at radius 1 is 1.17 bits per heavy atom. The molecule has 0 aliphatic carbocycles. The first kappa shape index (κ1) is 14.4. The Morgan fingerprint density at radius 2 is 1.96 bits per heavy atom. The van der Waals surface area contributed by atoms with Crippen molar-refractivity contribution in [3.05, 3.63) is 70.5 Å². The third kappa shape index (κ3) is 2.60. The number of amides is 1. The van der Waals surface area contributed by atoms with E-state index in [2.05, 4.69) is 15.1 Å². The summed E-state index contributed by atoms with van der Waals surface area (Å²) in [4.78, 5) is 31.9. The van der Waals surface area contributed by atoms with Gasteiger partial charge in [-0.25, -0.2) is 0 Å². The van der Waals surface area contributed by atoms with Crippen molar-refractivity contribution in [1.29, 1.82) is 0 Å². The molecule has 1 aromatic carbocycles. The summed E-state index contributed by atoms with van der Waals surface area (Å²) in [6.07, 6.45) is 1.43. The van der Waals surface area contributed by atoms with Gasteiger partial charge in [0.2, 0.25) is 17.3 Å². The lowest BCUT2D eigenvalue weighted by Gasteiger charge is -2.37. The highest BCUT2D eigenvalue weighted by molar-refractivity contribution is 5.94. The lowest BCUT2D eigenvalue weighted by molar-refractivity contribution is 0.0568. The van der Waals surface area contributed by atoms with Crippen molar-refractivity contribution in [3.63, 3.8) is 0 Å². The number of aromatic nitrogens is 3. The van der Waals surface area contributed by atoms with Crippen LogP contribution in [0.25, 0.3) is 11.4 Å². The van der Waals surface area contributed by atoms with E-state index in [4.69, 9.17) is 4.52 Å². The molecule has 1 fully saturated rings. The molecule has 120 valence electrons. The van der Waals surface area contributed by atoms with Gasteiger partial charge in [0.15, 0.2) is 0 Å². The second-order valence-electron chi connectivity index (χ2n) is 5.67. The monoisotopic (exact) mass is 322 g/mol. The van der Waals surface area contributed by atoms with Crippen LogP contribution in [-0.4, -0.2) is 39.0 Å². The third-order valence-corrected chi connectivity index (χ3v) is 4.02. The molecule has 0 radical (unpaired) electrons. The van der Waals surface area contributed by atoms with Gasteiger partial charge in [-0.05, 0) is 6.07 Å². The first-order valence-electron chi connectivity index (χ1n) is 7.58. The van der Waals surface area contributed by atoms with Crippen LogP contribution in [0.3, 0.4) is 0 Å². The summed E-state index contributed by atoms with van der Waals surface area (Å²) >= 11 is 0. The first-order chi connectivity index (χ1) is 11.7. The first-order valence-corrected chi connectivity index (χ1v) is 7.58. The molecule has 0 spiro atoms. The van der Waals surface area contributed by atoms with E-state index < -0.39 is 0 Å². The molecule has 4 rings (SSSR count). The zero-order valence-corrected chi connectivity index (χ0v) is 12.7. The minimum absolute atomic E-state index is 0.0432. The Bertz CT molecular complexity index is 906. The topological polar surface area (TPSA) is 92.1 Å². The highest BCUT2D eigenvalue weighted by Gasteiger charge is 2.36. The molecule has 1 amide bonds. The van der Waals surface area contributed by atoms with E-state index >= 15 is 0 Å². The average molecular weight is 322 g/mol. The lowest BCUT2D eigenvalue weighted by Crippen LogP contribution is -2.48. The highest BCUT2D eigenvalue weighted by atomic mass is 16.5. The molecule has 0 unspecified atom stereocenters. The van der Waals surface area contributed by atoms with E-state index in [9.17, 15) is 9.59 Å². The van der Waals surface area contributed by atoms with Crippen molar-refractivity contribution < 1.29 is 9.32 Å². The molecule has 0 atom stereocenters. The number of hydrogen-bond acceptors (Lipinski definition) is 5. The Labute approximate surface area is 136 Å². The minimum atomic E-state index is -0.229. The quantitative estimate of drug-likeness (QED) is 0.792. The van der Waals surface area contributed by atoms with Crippen LogP contribution in [0, 0.1) is 0 Å². The zero-order chi connectivity index (χ0) is 16.5. The number of benzene rings is 1. The third-order valence-electron chi connectivity index (χ3n) is 4.02. The fourth-order valence-electron chi connectivity index (χ4n) is 2.63. The zero-order valence-electron chi connectivity index (χ0n) is 12.7. The van der Waals surface area contributed by atoms with Crippen LogP contribution in [0.4, 0.5) is 0 Å². The molecule has 24 heavy (non-hydrogen) atoms. The number of rotatable bonds is 3.